The van der Waals surface area contributed by atoms with Gasteiger partial charge in [-0.1, -0.05) is 6.07 Å². The molecule has 0 bridgehead atoms. The van der Waals surface area contributed by atoms with Gasteiger partial charge in [-0.25, -0.2) is 9.78 Å². The molecule has 0 unspecified atom stereocenters. The van der Waals surface area contributed by atoms with Gasteiger partial charge in [0.15, 0.2) is 0 Å². The number of rotatable bonds is 4. The number of hydrogen-bond donors (Lipinski definition) is 0. The molecule has 0 N–H and O–H groups in total. The number of amides is 1. The summed E-state index contributed by atoms with van der Waals surface area (Å²) in [5, 5.41) is 0. The molecule has 0 fully saturated rings. The van der Waals surface area contributed by atoms with E-state index in [9.17, 15) is 4.79 Å². The Bertz CT molecular complexity index is 596. The van der Waals surface area contributed by atoms with Gasteiger partial charge in [0.1, 0.15) is 11.4 Å². The highest BCUT2D eigenvalue weighted by Crippen LogP contribution is 2.20. The number of carbonyl (C=O) groups excluding carboxylic acids is 1. The van der Waals surface area contributed by atoms with E-state index in [-0.39, 0.29) is 6.09 Å². The minimum atomic E-state index is -0.461. The van der Waals surface area contributed by atoms with Crippen LogP contribution in [0.4, 0.5) is 10.6 Å². The third-order valence-corrected chi connectivity index (χ3v) is 4.25. The first-order valence-corrected chi connectivity index (χ1v) is 8.98. The maximum atomic E-state index is 12.3. The third-order valence-electron chi connectivity index (χ3n) is 4.25. The van der Waals surface area contributed by atoms with Crippen LogP contribution in [0, 0.1) is 0 Å². The summed E-state index contributed by atoms with van der Waals surface area (Å²) in [6.45, 7) is 8.95. The Morgan fingerprint density at radius 1 is 1.16 bits per heavy atom. The Morgan fingerprint density at radius 2 is 1.84 bits per heavy atom. The van der Waals surface area contributed by atoms with E-state index >= 15 is 0 Å². The minimum Gasteiger partial charge on any atom is -0.444 e. The first-order valence-electron chi connectivity index (χ1n) is 8.98. The lowest BCUT2D eigenvalue weighted by Gasteiger charge is -2.26. The van der Waals surface area contributed by atoms with Gasteiger partial charge in [-0.2, -0.15) is 0 Å². The summed E-state index contributed by atoms with van der Waals surface area (Å²) in [5.41, 5.74) is 1.87. The first kappa shape index (κ1) is 19.5. The van der Waals surface area contributed by atoms with Crippen molar-refractivity contribution in [3.8, 4) is 0 Å². The molecule has 25 heavy (non-hydrogen) atoms. The van der Waals surface area contributed by atoms with Crippen LogP contribution in [0.5, 0.6) is 0 Å². The zero-order chi connectivity index (χ0) is 18.6. The van der Waals surface area contributed by atoms with Crippen molar-refractivity contribution in [1.29, 1.82) is 0 Å². The highest BCUT2D eigenvalue weighted by atomic mass is 16.6. The van der Waals surface area contributed by atoms with E-state index in [4.69, 9.17) is 9.72 Å². The molecule has 0 atom stereocenters. The number of hydrogen-bond acceptors (Lipinski definition) is 5. The van der Waals surface area contributed by atoms with Crippen molar-refractivity contribution in [3.63, 3.8) is 0 Å². The zero-order valence-electron chi connectivity index (χ0n) is 16.5. The van der Waals surface area contributed by atoms with Crippen LogP contribution in [0.3, 0.4) is 0 Å². The lowest BCUT2D eigenvalue weighted by atomic mass is 10.1. The molecular weight excluding hydrogens is 316 g/mol. The Labute approximate surface area is 151 Å². The first-order chi connectivity index (χ1) is 11.7. The van der Waals surface area contributed by atoms with E-state index in [1.165, 1.54) is 5.56 Å². The maximum Gasteiger partial charge on any atom is 0.410 e. The molecule has 1 amide bonds. The molecule has 0 saturated heterocycles. The summed E-state index contributed by atoms with van der Waals surface area (Å²) in [4.78, 5) is 23.3. The van der Waals surface area contributed by atoms with Crippen molar-refractivity contribution in [2.24, 2.45) is 0 Å². The fraction of sp³-hybridized carbons (Fsp3) is 0.684. The average Bonchev–Trinajstić information content (AvgIpc) is 2.72. The minimum absolute atomic E-state index is 0.233. The van der Waals surface area contributed by atoms with E-state index in [0.717, 1.165) is 37.4 Å². The van der Waals surface area contributed by atoms with Crippen LogP contribution in [0.15, 0.2) is 12.1 Å². The van der Waals surface area contributed by atoms with Crippen molar-refractivity contribution >= 4 is 11.9 Å². The topological polar surface area (TPSA) is 48.9 Å². The van der Waals surface area contributed by atoms with Crippen LogP contribution < -0.4 is 4.90 Å². The molecule has 6 nitrogen and oxygen atoms in total. The zero-order valence-corrected chi connectivity index (χ0v) is 16.5. The summed E-state index contributed by atoms with van der Waals surface area (Å²) in [7, 11) is 6.22. The van der Waals surface area contributed by atoms with Gasteiger partial charge in [0.05, 0.1) is 0 Å². The van der Waals surface area contributed by atoms with E-state index < -0.39 is 5.60 Å². The number of fused-ring (bicyclic) bond motifs is 1. The van der Waals surface area contributed by atoms with E-state index in [0.29, 0.717) is 13.1 Å². The molecule has 6 heteroatoms. The van der Waals surface area contributed by atoms with Crippen LogP contribution in [0.2, 0.25) is 0 Å². The lowest BCUT2D eigenvalue weighted by Crippen LogP contribution is -2.38. The molecule has 1 aromatic heterocycles. The maximum absolute atomic E-state index is 12.3. The molecular formula is C19H32N4O2. The molecule has 2 rings (SSSR count). The fourth-order valence-corrected chi connectivity index (χ4v) is 2.76. The Balaban J connectivity index is 2.03. The Hall–Kier alpha value is -1.82. The fourth-order valence-electron chi connectivity index (χ4n) is 2.76. The average molecular weight is 348 g/mol. The quantitative estimate of drug-likeness (QED) is 0.836. The standard InChI is InChI=1S/C19H32N4O2/c1-19(2,3)25-18(24)23-11-9-15-7-8-17(20-16(15)10-12-23)22(6)14-13-21(4)5/h7-8H,9-14H2,1-6H3. The molecule has 0 aliphatic carbocycles. The van der Waals surface area contributed by atoms with Crippen LogP contribution >= 0.6 is 0 Å². The summed E-state index contributed by atoms with van der Waals surface area (Å²) in [6, 6.07) is 4.24. The number of nitrogens with zero attached hydrogens (tertiary/aromatic N) is 4. The van der Waals surface area contributed by atoms with Gasteiger partial charge in [-0.15, -0.1) is 0 Å². The van der Waals surface area contributed by atoms with E-state index in [1.54, 1.807) is 4.90 Å². The second kappa shape index (κ2) is 8.04. The van der Waals surface area contributed by atoms with Gasteiger partial charge in [-0.3, -0.25) is 0 Å². The summed E-state index contributed by atoms with van der Waals surface area (Å²) < 4.78 is 5.50. The predicted octanol–water partition coefficient (Wildman–Crippen LogP) is 2.42. The number of likely N-dealkylation sites (N-methyl/N-ethyl adjacent to an activating group) is 2. The second-order valence-corrected chi connectivity index (χ2v) is 7.97. The normalized spacial score (nSPS) is 14.9. The Kier molecular flexibility index (Phi) is 6.27. The number of aromatic nitrogens is 1. The van der Waals surface area contributed by atoms with Crippen molar-refractivity contribution in [2.45, 2.75) is 39.2 Å². The molecule has 1 aliphatic rings. The van der Waals surface area contributed by atoms with Crippen molar-refractivity contribution < 1.29 is 9.53 Å². The lowest BCUT2D eigenvalue weighted by molar-refractivity contribution is 0.0258. The van der Waals surface area contributed by atoms with E-state index in [1.807, 2.05) is 20.8 Å². The van der Waals surface area contributed by atoms with Crippen LogP contribution in [-0.4, -0.2) is 73.8 Å². The van der Waals surface area contributed by atoms with Gasteiger partial charge in [0.25, 0.3) is 0 Å². The summed E-state index contributed by atoms with van der Waals surface area (Å²) >= 11 is 0. The third kappa shape index (κ3) is 5.88. The van der Waals surface area contributed by atoms with Crippen LogP contribution in [0.25, 0.3) is 0 Å². The van der Waals surface area contributed by atoms with Gasteiger partial charge < -0.3 is 19.4 Å². The summed E-state index contributed by atoms with van der Waals surface area (Å²) in [5.74, 6) is 0.992. The monoisotopic (exact) mass is 348 g/mol. The number of pyridine rings is 1. The Morgan fingerprint density at radius 3 is 2.48 bits per heavy atom. The molecule has 1 aromatic rings. The molecule has 0 aromatic carbocycles. The number of anilines is 1. The van der Waals surface area contributed by atoms with Gasteiger partial charge in [-0.05, 0) is 52.9 Å². The molecule has 140 valence electrons. The van der Waals surface area contributed by atoms with Crippen LogP contribution in [-0.2, 0) is 17.6 Å². The smallest absolute Gasteiger partial charge is 0.410 e. The number of carbonyl (C=O) groups is 1. The molecule has 2 heterocycles. The largest absolute Gasteiger partial charge is 0.444 e. The summed E-state index contributed by atoms with van der Waals surface area (Å²) in [6.07, 6.45) is 1.36. The second-order valence-electron chi connectivity index (χ2n) is 7.97. The van der Waals surface area contributed by atoms with E-state index in [2.05, 4.69) is 43.1 Å². The highest BCUT2D eigenvalue weighted by Gasteiger charge is 2.24. The molecule has 0 spiro atoms. The van der Waals surface area contributed by atoms with Gasteiger partial charge in [0.2, 0.25) is 0 Å². The molecule has 0 radical (unpaired) electrons. The SMILES string of the molecule is CN(C)CCN(C)c1ccc2c(n1)CCN(C(=O)OC(C)(C)C)CC2. The van der Waals surface area contributed by atoms with Gasteiger partial charge in [0, 0.05) is 45.3 Å². The highest BCUT2D eigenvalue weighted by molar-refractivity contribution is 5.68. The van der Waals surface area contributed by atoms with Crippen molar-refractivity contribution in [3.05, 3.63) is 23.4 Å². The number of ether oxygens (including phenoxy) is 1. The van der Waals surface area contributed by atoms with Gasteiger partial charge >= 0.3 is 6.09 Å². The molecule has 1 aliphatic heterocycles. The predicted molar refractivity (Wildman–Crippen MR) is 101 cm³/mol. The van der Waals surface area contributed by atoms with Crippen LogP contribution in [0.1, 0.15) is 32.0 Å². The molecule has 0 saturated carbocycles. The van der Waals surface area contributed by atoms with Crippen molar-refractivity contribution in [1.82, 2.24) is 14.8 Å². The van der Waals surface area contributed by atoms with Crippen molar-refractivity contribution in [2.75, 3.05) is 52.2 Å².